The van der Waals surface area contributed by atoms with Crippen molar-refractivity contribution in [1.82, 2.24) is 0 Å². The van der Waals surface area contributed by atoms with Gasteiger partial charge >= 0.3 is 0 Å². The van der Waals surface area contributed by atoms with Crippen LogP contribution in [-0.4, -0.2) is 54.0 Å². The molecular formula is C12H20O6. The molecule has 6 nitrogen and oxygen atoms in total. The lowest BCUT2D eigenvalue weighted by Gasteiger charge is -2.36. The first-order valence-corrected chi connectivity index (χ1v) is 6.29. The second kappa shape index (κ2) is 3.88. The Kier molecular flexibility index (Phi) is 2.75. The highest BCUT2D eigenvalue weighted by molar-refractivity contribution is 4.99. The summed E-state index contributed by atoms with van der Waals surface area (Å²) in [5, 5.41) is 9.40. The van der Waals surface area contributed by atoms with Gasteiger partial charge in [0.1, 0.15) is 24.4 Å². The van der Waals surface area contributed by atoms with Crippen molar-refractivity contribution in [3.05, 3.63) is 0 Å². The zero-order valence-electron chi connectivity index (χ0n) is 11.1. The fourth-order valence-corrected chi connectivity index (χ4v) is 2.84. The maximum atomic E-state index is 9.40. The summed E-state index contributed by atoms with van der Waals surface area (Å²) < 4.78 is 28.9. The van der Waals surface area contributed by atoms with Crippen molar-refractivity contribution in [2.24, 2.45) is 0 Å². The maximum absolute atomic E-state index is 9.40. The maximum Gasteiger partial charge on any atom is 0.190 e. The summed E-state index contributed by atoms with van der Waals surface area (Å²) in [5.74, 6) is -1.41. The van der Waals surface area contributed by atoms with Crippen LogP contribution >= 0.6 is 0 Å². The van der Waals surface area contributed by atoms with Crippen LogP contribution < -0.4 is 0 Å². The van der Waals surface area contributed by atoms with Crippen molar-refractivity contribution < 1.29 is 28.8 Å². The molecule has 5 atom stereocenters. The quantitative estimate of drug-likeness (QED) is 0.735. The molecule has 3 saturated heterocycles. The van der Waals surface area contributed by atoms with Gasteiger partial charge in [0.15, 0.2) is 17.9 Å². The molecule has 0 aromatic heterocycles. The van der Waals surface area contributed by atoms with E-state index in [0.29, 0.717) is 0 Å². The van der Waals surface area contributed by atoms with Crippen LogP contribution in [0.2, 0.25) is 0 Å². The van der Waals surface area contributed by atoms with Gasteiger partial charge < -0.3 is 28.8 Å². The second-order valence-electron chi connectivity index (χ2n) is 5.89. The third-order valence-corrected chi connectivity index (χ3v) is 3.43. The molecule has 0 amide bonds. The van der Waals surface area contributed by atoms with Gasteiger partial charge in [0, 0.05) is 0 Å². The lowest BCUT2D eigenvalue weighted by Crippen LogP contribution is -2.56. The summed E-state index contributed by atoms with van der Waals surface area (Å²) in [7, 11) is 0. The molecule has 6 heteroatoms. The summed E-state index contributed by atoms with van der Waals surface area (Å²) >= 11 is 0. The first-order valence-electron chi connectivity index (χ1n) is 6.29. The van der Waals surface area contributed by atoms with Crippen LogP contribution in [0.25, 0.3) is 0 Å². The summed E-state index contributed by atoms with van der Waals surface area (Å²) in [6.07, 6.45) is -1.90. The number of aliphatic hydroxyl groups is 1. The molecule has 0 aromatic carbocycles. The molecule has 0 saturated carbocycles. The zero-order chi connectivity index (χ0) is 13.1. The molecular weight excluding hydrogens is 240 g/mol. The lowest BCUT2D eigenvalue weighted by molar-refractivity contribution is -0.240. The average molecular weight is 260 g/mol. The molecule has 0 aliphatic carbocycles. The summed E-state index contributed by atoms with van der Waals surface area (Å²) in [5.41, 5.74) is 0. The number of fused-ring (bicyclic) bond motifs is 3. The van der Waals surface area contributed by atoms with Gasteiger partial charge in [-0.15, -0.1) is 0 Å². The summed E-state index contributed by atoms with van der Waals surface area (Å²) in [6.45, 7) is 7.22. The molecule has 3 fully saturated rings. The molecule has 18 heavy (non-hydrogen) atoms. The van der Waals surface area contributed by atoms with Gasteiger partial charge in [-0.2, -0.15) is 0 Å². The Morgan fingerprint density at radius 1 is 0.833 bits per heavy atom. The Bertz CT molecular complexity index is 341. The average Bonchev–Trinajstić information content (AvgIpc) is 2.71. The smallest absolute Gasteiger partial charge is 0.190 e. The summed E-state index contributed by atoms with van der Waals surface area (Å²) in [6, 6.07) is 0. The van der Waals surface area contributed by atoms with Gasteiger partial charge in [0.05, 0.1) is 6.61 Å². The van der Waals surface area contributed by atoms with E-state index < -0.39 is 24.0 Å². The minimum absolute atomic E-state index is 0.131. The fraction of sp³-hybridized carbons (Fsp3) is 1.00. The van der Waals surface area contributed by atoms with Crippen molar-refractivity contribution >= 4 is 0 Å². The normalized spacial score (nSPS) is 48.8. The van der Waals surface area contributed by atoms with E-state index >= 15 is 0 Å². The first kappa shape index (κ1) is 12.8. The molecule has 3 aliphatic rings. The molecule has 0 bridgehead atoms. The molecule has 3 rings (SSSR count). The van der Waals surface area contributed by atoms with Crippen LogP contribution in [0.5, 0.6) is 0 Å². The minimum atomic E-state index is -0.708. The Morgan fingerprint density at radius 2 is 1.39 bits per heavy atom. The Morgan fingerprint density at radius 3 is 2.06 bits per heavy atom. The van der Waals surface area contributed by atoms with E-state index in [9.17, 15) is 5.11 Å². The van der Waals surface area contributed by atoms with E-state index in [2.05, 4.69) is 0 Å². The van der Waals surface area contributed by atoms with Gasteiger partial charge in [-0.3, -0.25) is 0 Å². The van der Waals surface area contributed by atoms with Crippen molar-refractivity contribution in [3.8, 4) is 0 Å². The molecule has 104 valence electrons. The van der Waals surface area contributed by atoms with Crippen molar-refractivity contribution in [2.45, 2.75) is 70.0 Å². The van der Waals surface area contributed by atoms with E-state index in [1.807, 2.05) is 27.7 Å². The topological polar surface area (TPSA) is 66.4 Å². The highest BCUT2D eigenvalue weighted by atomic mass is 16.9. The van der Waals surface area contributed by atoms with Gasteiger partial charge in [-0.25, -0.2) is 0 Å². The van der Waals surface area contributed by atoms with Crippen molar-refractivity contribution in [2.75, 3.05) is 6.61 Å². The van der Waals surface area contributed by atoms with Crippen LogP contribution in [0.15, 0.2) is 0 Å². The van der Waals surface area contributed by atoms with E-state index in [-0.39, 0.29) is 24.9 Å². The number of ether oxygens (including phenoxy) is 5. The SMILES string of the molecule is CC1(C)OC2C3OC(C)(C)O[C@H]3C(CO)O[C@@H]2O1. The third kappa shape index (κ3) is 1.97. The van der Waals surface area contributed by atoms with E-state index in [1.165, 1.54) is 0 Å². The lowest BCUT2D eigenvalue weighted by atomic mass is 9.99. The van der Waals surface area contributed by atoms with Crippen molar-refractivity contribution in [1.29, 1.82) is 0 Å². The minimum Gasteiger partial charge on any atom is -0.394 e. The Labute approximate surface area is 106 Å². The van der Waals surface area contributed by atoms with E-state index in [1.54, 1.807) is 0 Å². The molecule has 0 radical (unpaired) electrons. The number of aliphatic hydroxyl groups excluding tert-OH is 1. The number of hydrogen-bond acceptors (Lipinski definition) is 6. The van der Waals surface area contributed by atoms with Crippen LogP contribution in [-0.2, 0) is 23.7 Å². The third-order valence-electron chi connectivity index (χ3n) is 3.43. The number of rotatable bonds is 1. The van der Waals surface area contributed by atoms with Crippen LogP contribution in [0.4, 0.5) is 0 Å². The van der Waals surface area contributed by atoms with E-state index in [0.717, 1.165) is 0 Å². The highest BCUT2D eigenvalue weighted by Crippen LogP contribution is 2.43. The molecule has 0 spiro atoms. The zero-order valence-corrected chi connectivity index (χ0v) is 11.1. The fourth-order valence-electron chi connectivity index (χ4n) is 2.84. The molecule has 1 N–H and O–H groups in total. The van der Waals surface area contributed by atoms with Gasteiger partial charge in [-0.05, 0) is 27.7 Å². The molecule has 3 unspecified atom stereocenters. The van der Waals surface area contributed by atoms with E-state index in [4.69, 9.17) is 23.7 Å². The second-order valence-corrected chi connectivity index (χ2v) is 5.89. The van der Waals surface area contributed by atoms with Crippen LogP contribution in [0, 0.1) is 0 Å². The molecule has 3 aliphatic heterocycles. The van der Waals surface area contributed by atoms with Gasteiger partial charge in [-0.1, -0.05) is 0 Å². The van der Waals surface area contributed by atoms with Gasteiger partial charge in [0.2, 0.25) is 0 Å². The monoisotopic (exact) mass is 260 g/mol. The Hall–Kier alpha value is -0.240. The largest absolute Gasteiger partial charge is 0.394 e. The first-order chi connectivity index (χ1) is 8.31. The molecule has 3 heterocycles. The van der Waals surface area contributed by atoms with Gasteiger partial charge in [0.25, 0.3) is 0 Å². The Balaban J connectivity index is 1.86. The predicted octanol–water partition coefficient (Wildman–Crippen LogP) is 0.375. The van der Waals surface area contributed by atoms with Crippen LogP contribution in [0.1, 0.15) is 27.7 Å². The highest BCUT2D eigenvalue weighted by Gasteiger charge is 2.60. The van der Waals surface area contributed by atoms with Crippen LogP contribution in [0.3, 0.4) is 0 Å². The summed E-state index contributed by atoms with van der Waals surface area (Å²) in [4.78, 5) is 0. The molecule has 0 aromatic rings. The number of hydrogen-bond donors (Lipinski definition) is 1. The predicted molar refractivity (Wildman–Crippen MR) is 59.6 cm³/mol. The van der Waals surface area contributed by atoms with Crippen molar-refractivity contribution in [3.63, 3.8) is 0 Å². The standard InChI is InChI=1S/C12H20O6/c1-11(2)15-7-6(5-13)14-10-9(8(7)16-11)17-12(3,4)18-10/h6-10,13H,5H2,1-4H3/t6?,7-,8?,9?,10+/m0/s1.